The van der Waals surface area contributed by atoms with Crippen LogP contribution < -0.4 is 0 Å². The second-order valence-corrected chi connectivity index (χ2v) is 7.38. The van der Waals surface area contributed by atoms with Crippen molar-refractivity contribution in [3.8, 4) is 0 Å². The highest BCUT2D eigenvalue weighted by molar-refractivity contribution is 7.12. The molecule has 1 aliphatic rings. The number of aromatic amines is 1. The number of nitrogens with one attached hydrogen (secondary N) is 1. The number of carbonyl (C=O) groups excluding carboxylic acids is 2. The molecular weight excluding hydrogens is 348 g/mol. The molecule has 0 saturated carbocycles. The maximum absolute atomic E-state index is 12.7. The molecule has 0 bridgehead atoms. The Morgan fingerprint density at radius 3 is 2.81 bits per heavy atom. The van der Waals surface area contributed by atoms with Crippen molar-refractivity contribution < 1.29 is 9.59 Å². The summed E-state index contributed by atoms with van der Waals surface area (Å²) in [5.41, 5.74) is 2.82. The molecule has 26 heavy (non-hydrogen) atoms. The summed E-state index contributed by atoms with van der Waals surface area (Å²) in [7, 11) is 0. The lowest BCUT2D eigenvalue weighted by Gasteiger charge is -2.22. The number of hydrogen-bond donors (Lipinski definition) is 1. The maximum atomic E-state index is 12.7. The Balaban J connectivity index is 1.38. The van der Waals surface area contributed by atoms with E-state index in [1.54, 1.807) is 6.33 Å². The molecule has 6 nitrogen and oxygen atoms in total. The number of nitrogens with zero attached hydrogens (tertiary/aromatic N) is 3. The van der Waals surface area contributed by atoms with Crippen molar-refractivity contribution in [2.45, 2.75) is 12.8 Å². The molecule has 0 radical (unpaired) electrons. The van der Waals surface area contributed by atoms with Gasteiger partial charge in [0.2, 0.25) is 5.91 Å². The molecule has 2 amide bonds. The van der Waals surface area contributed by atoms with Gasteiger partial charge in [-0.3, -0.25) is 9.59 Å². The molecule has 0 aliphatic carbocycles. The molecule has 2 aromatic heterocycles. The van der Waals surface area contributed by atoms with Crippen LogP contribution in [0.2, 0.25) is 0 Å². The van der Waals surface area contributed by atoms with Gasteiger partial charge < -0.3 is 14.8 Å². The van der Waals surface area contributed by atoms with Crippen LogP contribution in [0.4, 0.5) is 0 Å². The van der Waals surface area contributed by atoms with Crippen LogP contribution in [0.5, 0.6) is 0 Å². The Bertz CT molecular complexity index is 919. The topological polar surface area (TPSA) is 69.3 Å². The lowest BCUT2D eigenvalue weighted by atomic mass is 10.1. The highest BCUT2D eigenvalue weighted by Gasteiger charge is 2.23. The molecule has 1 saturated heterocycles. The van der Waals surface area contributed by atoms with E-state index in [1.165, 1.54) is 11.3 Å². The van der Waals surface area contributed by atoms with Gasteiger partial charge in [-0.25, -0.2) is 4.98 Å². The van der Waals surface area contributed by atoms with Crippen LogP contribution in [0.25, 0.3) is 11.0 Å². The second-order valence-electron chi connectivity index (χ2n) is 6.43. The number of carbonyl (C=O) groups is 2. The number of amides is 2. The molecule has 3 heterocycles. The van der Waals surface area contributed by atoms with Gasteiger partial charge in [0.05, 0.1) is 28.7 Å². The molecule has 4 rings (SSSR count). The number of benzene rings is 1. The van der Waals surface area contributed by atoms with Crippen LogP contribution in [-0.2, 0) is 11.2 Å². The zero-order valence-electron chi connectivity index (χ0n) is 14.4. The number of rotatable bonds is 3. The smallest absolute Gasteiger partial charge is 0.263 e. The van der Waals surface area contributed by atoms with E-state index in [1.807, 2.05) is 45.5 Å². The van der Waals surface area contributed by atoms with E-state index in [9.17, 15) is 9.59 Å². The van der Waals surface area contributed by atoms with Crippen molar-refractivity contribution in [3.63, 3.8) is 0 Å². The second kappa shape index (κ2) is 7.29. The Hall–Kier alpha value is -2.67. The van der Waals surface area contributed by atoms with Gasteiger partial charge in [-0.15, -0.1) is 11.3 Å². The first-order valence-corrected chi connectivity index (χ1v) is 9.61. The van der Waals surface area contributed by atoms with Crippen LogP contribution in [-0.4, -0.2) is 57.8 Å². The summed E-state index contributed by atoms with van der Waals surface area (Å²) in [5, 5.41) is 1.91. The van der Waals surface area contributed by atoms with Gasteiger partial charge in [0.1, 0.15) is 0 Å². The minimum absolute atomic E-state index is 0.0685. The van der Waals surface area contributed by atoms with Crippen molar-refractivity contribution in [2.24, 2.45) is 0 Å². The third kappa shape index (κ3) is 3.48. The Morgan fingerprint density at radius 1 is 1.12 bits per heavy atom. The SMILES string of the molecule is O=C(Cc1ccc2nc[nH]c2c1)N1CCCN(C(=O)c2cccs2)CC1. The minimum Gasteiger partial charge on any atom is -0.345 e. The van der Waals surface area contributed by atoms with E-state index >= 15 is 0 Å². The average Bonchev–Trinajstić information content (AvgIpc) is 3.28. The molecule has 1 fully saturated rings. The van der Waals surface area contributed by atoms with Crippen LogP contribution >= 0.6 is 11.3 Å². The number of imidazole rings is 1. The van der Waals surface area contributed by atoms with E-state index in [4.69, 9.17) is 0 Å². The summed E-state index contributed by atoms with van der Waals surface area (Å²) < 4.78 is 0. The number of hydrogen-bond acceptors (Lipinski definition) is 4. The van der Waals surface area contributed by atoms with Crippen LogP contribution in [0.15, 0.2) is 42.0 Å². The molecule has 3 aromatic rings. The summed E-state index contributed by atoms with van der Waals surface area (Å²) in [6.45, 7) is 2.56. The normalized spacial score (nSPS) is 15.2. The van der Waals surface area contributed by atoms with Crippen molar-refractivity contribution in [2.75, 3.05) is 26.2 Å². The first-order valence-electron chi connectivity index (χ1n) is 8.73. The Labute approximate surface area is 155 Å². The molecule has 0 unspecified atom stereocenters. The highest BCUT2D eigenvalue weighted by atomic mass is 32.1. The fraction of sp³-hybridized carbons (Fsp3) is 0.316. The summed E-state index contributed by atoms with van der Waals surface area (Å²) >= 11 is 1.46. The lowest BCUT2D eigenvalue weighted by molar-refractivity contribution is -0.130. The maximum Gasteiger partial charge on any atom is 0.263 e. The third-order valence-corrected chi connectivity index (χ3v) is 5.57. The quantitative estimate of drug-likeness (QED) is 0.772. The molecule has 134 valence electrons. The van der Waals surface area contributed by atoms with Crippen molar-refractivity contribution in [1.82, 2.24) is 19.8 Å². The summed E-state index contributed by atoms with van der Waals surface area (Å²) in [6, 6.07) is 9.60. The molecule has 0 atom stereocenters. The zero-order chi connectivity index (χ0) is 17.9. The summed E-state index contributed by atoms with van der Waals surface area (Å²) in [5.74, 6) is 0.174. The van der Waals surface area contributed by atoms with Crippen LogP contribution in [0.3, 0.4) is 0 Å². The first kappa shape index (κ1) is 16.8. The predicted octanol–water partition coefficient (Wildman–Crippen LogP) is 2.54. The fourth-order valence-corrected chi connectivity index (χ4v) is 4.00. The van der Waals surface area contributed by atoms with Gasteiger partial charge in [0, 0.05) is 26.2 Å². The zero-order valence-corrected chi connectivity index (χ0v) is 15.2. The molecular formula is C19H20N4O2S. The van der Waals surface area contributed by atoms with Gasteiger partial charge in [-0.05, 0) is 35.6 Å². The van der Waals surface area contributed by atoms with Gasteiger partial charge in [0.25, 0.3) is 5.91 Å². The average molecular weight is 368 g/mol. The van der Waals surface area contributed by atoms with E-state index < -0.39 is 0 Å². The van der Waals surface area contributed by atoms with E-state index in [2.05, 4.69) is 9.97 Å². The standard InChI is InChI=1S/C19H20N4O2S/c24-18(12-14-4-5-15-16(11-14)21-13-20-15)22-6-2-7-23(9-8-22)19(25)17-3-1-10-26-17/h1,3-5,10-11,13H,2,6-9,12H2,(H,20,21). The number of thiophene rings is 1. The fourth-order valence-electron chi connectivity index (χ4n) is 3.31. The van der Waals surface area contributed by atoms with E-state index in [-0.39, 0.29) is 11.8 Å². The van der Waals surface area contributed by atoms with Gasteiger partial charge in [-0.2, -0.15) is 0 Å². The Morgan fingerprint density at radius 2 is 1.96 bits per heavy atom. The van der Waals surface area contributed by atoms with Crippen molar-refractivity contribution >= 4 is 34.2 Å². The lowest BCUT2D eigenvalue weighted by Crippen LogP contribution is -2.37. The van der Waals surface area contributed by atoms with Crippen molar-refractivity contribution in [1.29, 1.82) is 0 Å². The van der Waals surface area contributed by atoms with Crippen LogP contribution in [0.1, 0.15) is 21.7 Å². The third-order valence-electron chi connectivity index (χ3n) is 4.71. The summed E-state index contributed by atoms with van der Waals surface area (Å²) in [4.78, 5) is 37.0. The molecule has 1 aliphatic heterocycles. The van der Waals surface area contributed by atoms with Crippen molar-refractivity contribution in [3.05, 3.63) is 52.5 Å². The molecule has 1 N–H and O–H groups in total. The summed E-state index contributed by atoms with van der Waals surface area (Å²) in [6.07, 6.45) is 2.83. The molecule has 1 aromatic carbocycles. The van der Waals surface area contributed by atoms with E-state index in [0.29, 0.717) is 32.6 Å². The van der Waals surface area contributed by atoms with Gasteiger partial charge in [-0.1, -0.05) is 12.1 Å². The molecule has 0 spiro atoms. The first-order chi connectivity index (χ1) is 12.7. The number of H-pyrrole nitrogens is 1. The number of aromatic nitrogens is 2. The minimum atomic E-state index is 0.0685. The van der Waals surface area contributed by atoms with Gasteiger partial charge >= 0.3 is 0 Å². The predicted molar refractivity (Wildman–Crippen MR) is 101 cm³/mol. The highest BCUT2D eigenvalue weighted by Crippen LogP contribution is 2.16. The van der Waals surface area contributed by atoms with Crippen LogP contribution in [0, 0.1) is 0 Å². The number of fused-ring (bicyclic) bond motifs is 1. The Kier molecular flexibility index (Phi) is 4.71. The monoisotopic (exact) mass is 368 g/mol. The van der Waals surface area contributed by atoms with Gasteiger partial charge in [0.15, 0.2) is 0 Å². The largest absolute Gasteiger partial charge is 0.345 e. The molecule has 7 heteroatoms. The van der Waals surface area contributed by atoms with E-state index in [0.717, 1.165) is 27.9 Å².